The molecule has 1 aromatic carbocycles. The van der Waals surface area contributed by atoms with E-state index in [0.717, 1.165) is 0 Å². The molecule has 4 unspecified atom stereocenters. The number of pyridine rings is 1. The number of imidazole rings is 2. The van der Waals surface area contributed by atoms with Gasteiger partial charge in [0.15, 0.2) is 51.6 Å². The van der Waals surface area contributed by atoms with E-state index in [4.69, 9.17) is 36.4 Å². The Bertz CT molecular complexity index is 2830. The molecular weight excluding hydrogens is 985 g/mol. The van der Waals surface area contributed by atoms with Crippen molar-refractivity contribution in [1.29, 1.82) is 5.26 Å². The zero-order valence-electron chi connectivity index (χ0n) is 40.6. The van der Waals surface area contributed by atoms with Gasteiger partial charge in [0, 0.05) is 11.8 Å². The fourth-order valence-corrected chi connectivity index (χ4v) is 12.0. The van der Waals surface area contributed by atoms with Crippen molar-refractivity contribution in [2.24, 2.45) is 0 Å². The number of nitrogens with one attached hydrogen (secondary N) is 2. The second-order valence-electron chi connectivity index (χ2n) is 20.0. The van der Waals surface area contributed by atoms with Gasteiger partial charge in [-0.2, -0.15) is 5.26 Å². The van der Waals surface area contributed by atoms with E-state index < -0.39 is 113 Å². The van der Waals surface area contributed by atoms with Crippen LogP contribution in [0.3, 0.4) is 0 Å². The molecule has 0 radical (unpaired) electrons. The third-order valence-corrected chi connectivity index (χ3v) is 24.1. The van der Waals surface area contributed by atoms with Crippen LogP contribution in [0, 0.1) is 11.3 Å². The topological polar surface area (TPSA) is 296 Å². The summed E-state index contributed by atoms with van der Waals surface area (Å²) in [6.45, 7) is 18.3. The number of hydrogen-bond acceptors (Lipinski definition) is 18. The highest BCUT2D eigenvalue weighted by atomic mass is 31.2. The molecule has 2 saturated heterocycles. The molecule has 0 bridgehead atoms. The van der Waals surface area contributed by atoms with Gasteiger partial charge in [0.1, 0.15) is 43.0 Å². The van der Waals surface area contributed by atoms with Crippen LogP contribution in [0.15, 0.2) is 66.4 Å². The number of fused-ring (bicyclic) bond motifs is 2. The number of hydrogen-bond donors (Lipinski definition) is 4. The summed E-state index contributed by atoms with van der Waals surface area (Å²) < 4.78 is 82.1. The van der Waals surface area contributed by atoms with Gasteiger partial charge in [-0.15, -0.1) is 0 Å². The first-order valence-corrected chi connectivity index (χ1v) is 31.1. The summed E-state index contributed by atoms with van der Waals surface area (Å²) in [5, 5.41) is 22.5. The summed E-state index contributed by atoms with van der Waals surface area (Å²) in [4.78, 5) is 56.3. The first kappa shape index (κ1) is 53.4. The molecule has 0 saturated carbocycles. The first-order valence-electron chi connectivity index (χ1n) is 22.6. The number of carbonyl (C=O) groups excluding carboxylic acids is 1. The second kappa shape index (κ2) is 21.0. The standard InChI is InChI=1S/C43H61N9O14P2Si2/c1-42(2,3)69(7,8)65-33-29(62-40(34(33)63-67(56)57)51-24-48-30-27(51)17-19-45-39(30)55)22-60-68(58,59-20-14-18-44)64-32-28(21-53)61-41(35(32)66-70(9,10)43(4,5)6)52-25-49-31-36(46-23-47-37(31)52)50-38(54)26-15-12-11-13-16-26/h11-13,15-17,19,23-25,28-29,32-35,40-41,53,67H,14,20-22H2,1-10H3,(H,45,55)(H,56,57)(H,46,47,50,54)/t28-,29-,32-,33?,34-,35?,40-,41-,68?/m1/s1. The van der Waals surface area contributed by atoms with Crippen LogP contribution >= 0.6 is 16.1 Å². The molecule has 0 aliphatic carbocycles. The third-order valence-electron chi connectivity index (χ3n) is 13.3. The Morgan fingerprint density at radius 3 is 2.16 bits per heavy atom. The van der Waals surface area contributed by atoms with Crippen molar-refractivity contribution in [3.8, 4) is 6.07 Å². The molecule has 7 rings (SSSR count). The number of phosphoric ester groups is 1. The van der Waals surface area contributed by atoms with E-state index in [9.17, 15) is 29.4 Å². The van der Waals surface area contributed by atoms with Crippen molar-refractivity contribution in [1.82, 2.24) is 34.1 Å². The number of H-pyrrole nitrogens is 1. The maximum Gasteiger partial charge on any atom is 0.475 e. The Morgan fingerprint density at radius 1 is 0.886 bits per heavy atom. The largest absolute Gasteiger partial charge is 0.475 e. The molecular formula is C43H61N9O14P2Si2. The SMILES string of the molecule is CC(C)(C)[Si](C)(C)OC1[C@@H](O[PH](=O)O)[C@H](n2cnc3c(=O)[nH]ccc32)O[C@@H]1COP(=O)(OCCC#N)O[C@H]1C(O[Si](C)(C)C(C)(C)C)[C@H](n2cnc3c(NC(=O)c4ccccc4)ncnc32)O[C@@H]1CO. The number of carbonyl (C=O) groups is 1. The van der Waals surface area contributed by atoms with E-state index in [-0.39, 0.29) is 39.0 Å². The lowest BCUT2D eigenvalue weighted by atomic mass is 10.1. The van der Waals surface area contributed by atoms with Gasteiger partial charge in [0.05, 0.1) is 50.5 Å². The lowest BCUT2D eigenvalue weighted by Crippen LogP contribution is -2.50. The average molecular weight is 1050 g/mol. The number of aliphatic hydroxyl groups excluding tert-OH is 1. The number of rotatable bonds is 19. The number of benzene rings is 1. The second-order valence-corrected chi connectivity index (χ2v) is 31.9. The third kappa shape index (κ3) is 11.3. The molecule has 1 amide bonds. The van der Waals surface area contributed by atoms with Crippen LogP contribution in [0.4, 0.5) is 5.82 Å². The normalized spacial score (nSPS) is 24.7. The molecule has 5 aromatic rings. The average Bonchev–Trinajstić information content (AvgIpc) is 4.07. The van der Waals surface area contributed by atoms with Crippen molar-refractivity contribution in [2.45, 2.75) is 133 Å². The van der Waals surface area contributed by atoms with Crippen LogP contribution in [-0.2, 0) is 45.6 Å². The summed E-state index contributed by atoms with van der Waals surface area (Å²) in [5.41, 5.74) is 0.754. The molecule has 10 atom stereocenters. The van der Waals surface area contributed by atoms with Gasteiger partial charge < -0.3 is 43.2 Å². The Morgan fingerprint density at radius 2 is 1.51 bits per heavy atom. The molecule has 2 aliphatic rings. The maximum atomic E-state index is 15.3. The molecule has 380 valence electrons. The van der Waals surface area contributed by atoms with Gasteiger partial charge >= 0.3 is 16.1 Å². The predicted octanol–water partition coefficient (Wildman–Crippen LogP) is 6.59. The zero-order valence-corrected chi connectivity index (χ0v) is 44.5. The van der Waals surface area contributed by atoms with E-state index >= 15 is 4.57 Å². The van der Waals surface area contributed by atoms with E-state index in [1.807, 2.05) is 73.8 Å². The number of nitriles is 1. The number of nitrogens with zero attached hydrogens (tertiary/aromatic N) is 7. The highest BCUT2D eigenvalue weighted by Gasteiger charge is 2.56. The number of amides is 1. The van der Waals surface area contributed by atoms with Gasteiger partial charge in [0.25, 0.3) is 11.5 Å². The summed E-state index contributed by atoms with van der Waals surface area (Å²) in [6.07, 6.45) is -4.52. The zero-order chi connectivity index (χ0) is 51.0. The molecule has 27 heteroatoms. The molecule has 4 aromatic heterocycles. The lowest BCUT2D eigenvalue weighted by molar-refractivity contribution is -0.0591. The van der Waals surface area contributed by atoms with Crippen molar-refractivity contribution in [2.75, 3.05) is 25.1 Å². The number of aromatic nitrogens is 7. The Balaban J connectivity index is 1.25. The van der Waals surface area contributed by atoms with Crippen LogP contribution in [-0.4, -0.2) is 123 Å². The molecule has 2 fully saturated rings. The molecule has 70 heavy (non-hydrogen) atoms. The molecule has 0 spiro atoms. The smallest absolute Gasteiger partial charge is 0.408 e. The molecule has 4 N–H and O–H groups in total. The van der Waals surface area contributed by atoms with Gasteiger partial charge in [-0.05, 0) is 54.5 Å². The van der Waals surface area contributed by atoms with Crippen molar-refractivity contribution in [3.63, 3.8) is 0 Å². The van der Waals surface area contributed by atoms with Crippen LogP contribution in [0.5, 0.6) is 0 Å². The Labute approximate surface area is 407 Å². The minimum Gasteiger partial charge on any atom is -0.408 e. The number of ether oxygens (including phenoxy) is 2. The fourth-order valence-electron chi connectivity index (χ4n) is 7.51. The monoisotopic (exact) mass is 1050 g/mol. The van der Waals surface area contributed by atoms with Crippen LogP contribution in [0.25, 0.3) is 22.2 Å². The summed E-state index contributed by atoms with van der Waals surface area (Å²) in [7, 11) is -14.1. The molecule has 23 nitrogen and oxygen atoms in total. The van der Waals surface area contributed by atoms with Gasteiger partial charge in [-0.3, -0.25) is 36.8 Å². The highest BCUT2D eigenvalue weighted by Crippen LogP contribution is 2.56. The summed E-state index contributed by atoms with van der Waals surface area (Å²) in [6, 6.07) is 12.1. The van der Waals surface area contributed by atoms with Gasteiger partial charge in [0.2, 0.25) is 0 Å². The van der Waals surface area contributed by atoms with Gasteiger partial charge in [-0.1, -0.05) is 59.7 Å². The fraction of sp³-hybridized carbons (Fsp3) is 0.558. The van der Waals surface area contributed by atoms with E-state index in [1.165, 1.54) is 29.7 Å². The van der Waals surface area contributed by atoms with Crippen molar-refractivity contribution < 1.29 is 60.3 Å². The summed E-state index contributed by atoms with van der Waals surface area (Å²) in [5.74, 6) is -0.308. The lowest BCUT2D eigenvalue weighted by Gasteiger charge is -2.41. The molecule has 2 aliphatic heterocycles. The maximum absolute atomic E-state index is 15.3. The van der Waals surface area contributed by atoms with Crippen molar-refractivity contribution in [3.05, 3.63) is 77.5 Å². The number of aromatic amines is 1. The minimum absolute atomic E-state index is 0.0725. The Kier molecular flexibility index (Phi) is 16.0. The van der Waals surface area contributed by atoms with Crippen LogP contribution < -0.4 is 10.9 Å². The van der Waals surface area contributed by atoms with E-state index in [0.29, 0.717) is 11.1 Å². The summed E-state index contributed by atoms with van der Waals surface area (Å²) >= 11 is 0. The highest BCUT2D eigenvalue weighted by molar-refractivity contribution is 7.48. The predicted molar refractivity (Wildman–Crippen MR) is 260 cm³/mol. The van der Waals surface area contributed by atoms with Crippen LogP contribution in [0.2, 0.25) is 36.3 Å². The number of aliphatic hydroxyl groups is 1. The quantitative estimate of drug-likeness (QED) is 0.0385. The Hall–Kier alpha value is -4.36. The van der Waals surface area contributed by atoms with Gasteiger partial charge in [-0.25, -0.2) is 24.5 Å². The number of phosphoric acid groups is 1. The van der Waals surface area contributed by atoms with E-state index in [2.05, 4.69) is 30.2 Å². The molecule has 6 heterocycles. The van der Waals surface area contributed by atoms with Crippen molar-refractivity contribution >= 4 is 66.6 Å². The van der Waals surface area contributed by atoms with Crippen LogP contribution in [0.1, 0.15) is 70.8 Å². The first-order chi connectivity index (χ1) is 32.9. The van der Waals surface area contributed by atoms with E-state index in [1.54, 1.807) is 41.0 Å². The number of anilines is 1. The minimum atomic E-state index is -4.87.